The van der Waals surface area contributed by atoms with Gasteiger partial charge in [-0.15, -0.1) is 0 Å². The topological polar surface area (TPSA) is 51.0 Å². The van der Waals surface area contributed by atoms with Crippen LogP contribution >= 0.6 is 0 Å². The number of rotatable bonds is 3. The van der Waals surface area contributed by atoms with Crippen LogP contribution in [0, 0.1) is 0 Å². The number of benzene rings is 2. The van der Waals surface area contributed by atoms with Crippen molar-refractivity contribution in [2.24, 2.45) is 0 Å². The summed E-state index contributed by atoms with van der Waals surface area (Å²) in [6.07, 6.45) is 0. The van der Waals surface area contributed by atoms with Gasteiger partial charge >= 0.3 is 0 Å². The van der Waals surface area contributed by atoms with Crippen LogP contribution in [-0.4, -0.2) is 17.2 Å². The molecule has 1 N–H and O–H groups in total. The third kappa shape index (κ3) is 2.33. The average Bonchev–Trinajstić information content (AvgIpc) is 2.98. The average molecular weight is 251 g/mol. The second-order valence-electron chi connectivity index (χ2n) is 4.12. The molecule has 0 saturated carbocycles. The number of nitrogens with one attached hydrogen (secondary N) is 1. The van der Waals surface area contributed by atoms with Gasteiger partial charge in [-0.25, -0.2) is 0 Å². The lowest BCUT2D eigenvalue weighted by atomic mass is 10.2. The summed E-state index contributed by atoms with van der Waals surface area (Å²) in [6, 6.07) is 17.6. The molecule has 0 bridgehead atoms. The van der Waals surface area contributed by atoms with E-state index in [9.17, 15) is 0 Å². The quantitative estimate of drug-likeness (QED) is 0.774. The van der Waals surface area contributed by atoms with E-state index in [2.05, 4.69) is 15.5 Å². The van der Waals surface area contributed by atoms with Gasteiger partial charge in [0.05, 0.1) is 0 Å². The minimum Gasteiger partial charge on any atom is -0.388 e. The molecule has 0 aliphatic rings. The summed E-state index contributed by atoms with van der Waals surface area (Å²) in [5, 5.41) is 7.07. The van der Waals surface area contributed by atoms with Crippen molar-refractivity contribution in [2.75, 3.05) is 12.4 Å². The van der Waals surface area contributed by atoms with Crippen LogP contribution in [0.4, 0.5) is 5.69 Å². The third-order valence-electron chi connectivity index (χ3n) is 2.88. The molecule has 2 aromatic carbocycles. The molecule has 1 aromatic heterocycles. The summed E-state index contributed by atoms with van der Waals surface area (Å²) in [7, 11) is 1.88. The van der Waals surface area contributed by atoms with E-state index < -0.39 is 0 Å². The maximum atomic E-state index is 5.30. The van der Waals surface area contributed by atoms with Crippen LogP contribution in [0.5, 0.6) is 0 Å². The molecule has 3 rings (SSSR count). The Balaban J connectivity index is 1.92. The molecule has 0 aliphatic carbocycles. The van der Waals surface area contributed by atoms with Crippen molar-refractivity contribution in [1.82, 2.24) is 10.1 Å². The van der Waals surface area contributed by atoms with E-state index in [0.29, 0.717) is 11.7 Å². The van der Waals surface area contributed by atoms with E-state index in [0.717, 1.165) is 16.8 Å². The lowest BCUT2D eigenvalue weighted by molar-refractivity contribution is 0.432. The molecule has 0 fully saturated rings. The van der Waals surface area contributed by atoms with Crippen molar-refractivity contribution in [3.63, 3.8) is 0 Å². The summed E-state index contributed by atoms with van der Waals surface area (Å²) < 4.78 is 5.30. The number of hydrogen-bond donors (Lipinski definition) is 1. The van der Waals surface area contributed by atoms with E-state index in [4.69, 9.17) is 4.52 Å². The zero-order valence-corrected chi connectivity index (χ0v) is 10.5. The van der Waals surface area contributed by atoms with Gasteiger partial charge < -0.3 is 9.84 Å². The van der Waals surface area contributed by atoms with Crippen LogP contribution < -0.4 is 5.32 Å². The van der Waals surface area contributed by atoms with Gasteiger partial charge in [0, 0.05) is 23.9 Å². The van der Waals surface area contributed by atoms with Crippen LogP contribution in [0.2, 0.25) is 0 Å². The SMILES string of the molecule is CNc1ccc(-c2nc(-c3ccccc3)no2)cc1. The number of hydrogen-bond acceptors (Lipinski definition) is 4. The van der Waals surface area contributed by atoms with Gasteiger partial charge in [0.15, 0.2) is 0 Å². The molecule has 4 heteroatoms. The van der Waals surface area contributed by atoms with Crippen LogP contribution in [-0.2, 0) is 0 Å². The number of aromatic nitrogens is 2. The van der Waals surface area contributed by atoms with Crippen molar-refractivity contribution < 1.29 is 4.52 Å². The van der Waals surface area contributed by atoms with Crippen LogP contribution in [0.15, 0.2) is 59.1 Å². The van der Waals surface area contributed by atoms with Crippen molar-refractivity contribution >= 4 is 5.69 Å². The van der Waals surface area contributed by atoms with Crippen LogP contribution in [0.3, 0.4) is 0 Å². The van der Waals surface area contributed by atoms with Gasteiger partial charge in [0.1, 0.15) is 0 Å². The molecule has 4 nitrogen and oxygen atoms in total. The summed E-state index contributed by atoms with van der Waals surface area (Å²) in [6.45, 7) is 0. The minimum absolute atomic E-state index is 0.529. The molecular formula is C15H13N3O. The maximum Gasteiger partial charge on any atom is 0.258 e. The summed E-state index contributed by atoms with van der Waals surface area (Å²) in [4.78, 5) is 4.41. The van der Waals surface area contributed by atoms with Gasteiger partial charge in [0.2, 0.25) is 5.82 Å². The van der Waals surface area contributed by atoms with Crippen molar-refractivity contribution in [1.29, 1.82) is 0 Å². The first-order chi connectivity index (χ1) is 9.36. The Morgan fingerprint density at radius 3 is 2.32 bits per heavy atom. The highest BCUT2D eigenvalue weighted by Gasteiger charge is 2.09. The van der Waals surface area contributed by atoms with Crippen molar-refractivity contribution in [3.05, 3.63) is 54.6 Å². The fourth-order valence-electron chi connectivity index (χ4n) is 1.82. The highest BCUT2D eigenvalue weighted by Crippen LogP contribution is 2.23. The highest BCUT2D eigenvalue weighted by atomic mass is 16.5. The van der Waals surface area contributed by atoms with Crippen LogP contribution in [0.25, 0.3) is 22.8 Å². The lowest BCUT2D eigenvalue weighted by Crippen LogP contribution is -1.87. The first kappa shape index (κ1) is 11.5. The Labute approximate surface area is 111 Å². The predicted octanol–water partition coefficient (Wildman–Crippen LogP) is 3.45. The smallest absolute Gasteiger partial charge is 0.258 e. The third-order valence-corrected chi connectivity index (χ3v) is 2.88. The molecule has 94 valence electrons. The molecule has 0 atom stereocenters. The Morgan fingerprint density at radius 1 is 0.895 bits per heavy atom. The molecule has 0 amide bonds. The van der Waals surface area contributed by atoms with E-state index >= 15 is 0 Å². The maximum absolute atomic E-state index is 5.30. The van der Waals surface area contributed by atoms with E-state index in [-0.39, 0.29) is 0 Å². The molecule has 1 heterocycles. The molecule has 3 aromatic rings. The Kier molecular flexibility index (Phi) is 2.98. The molecule has 0 radical (unpaired) electrons. The first-order valence-electron chi connectivity index (χ1n) is 6.04. The Hall–Kier alpha value is -2.62. The molecule has 0 spiro atoms. The normalized spacial score (nSPS) is 10.4. The standard InChI is InChI=1S/C15H13N3O/c1-16-13-9-7-12(8-10-13)15-17-14(18-19-15)11-5-3-2-4-6-11/h2-10,16H,1H3. The molecule has 0 aliphatic heterocycles. The summed E-state index contributed by atoms with van der Waals surface area (Å²) >= 11 is 0. The van der Waals surface area contributed by atoms with E-state index in [1.54, 1.807) is 0 Å². The number of anilines is 1. The Morgan fingerprint density at radius 2 is 1.63 bits per heavy atom. The van der Waals surface area contributed by atoms with Gasteiger partial charge in [-0.2, -0.15) is 4.98 Å². The first-order valence-corrected chi connectivity index (χ1v) is 6.04. The molecule has 0 unspecified atom stereocenters. The van der Waals surface area contributed by atoms with Crippen molar-refractivity contribution in [2.45, 2.75) is 0 Å². The van der Waals surface area contributed by atoms with Gasteiger partial charge in [-0.3, -0.25) is 0 Å². The lowest BCUT2D eigenvalue weighted by Gasteiger charge is -1.99. The Bertz CT molecular complexity index is 659. The van der Waals surface area contributed by atoms with Gasteiger partial charge in [0.25, 0.3) is 5.89 Å². The number of nitrogens with zero attached hydrogens (tertiary/aromatic N) is 2. The molecule has 0 saturated heterocycles. The second kappa shape index (κ2) is 4.94. The van der Waals surface area contributed by atoms with E-state index in [1.165, 1.54) is 0 Å². The molecular weight excluding hydrogens is 238 g/mol. The fraction of sp³-hybridized carbons (Fsp3) is 0.0667. The zero-order chi connectivity index (χ0) is 13.1. The minimum atomic E-state index is 0.529. The predicted molar refractivity (Wildman–Crippen MR) is 74.7 cm³/mol. The zero-order valence-electron chi connectivity index (χ0n) is 10.5. The highest BCUT2D eigenvalue weighted by molar-refractivity contribution is 5.61. The van der Waals surface area contributed by atoms with Crippen LogP contribution in [0.1, 0.15) is 0 Å². The molecule has 19 heavy (non-hydrogen) atoms. The summed E-state index contributed by atoms with van der Waals surface area (Å²) in [5.41, 5.74) is 2.91. The fourth-order valence-corrected chi connectivity index (χ4v) is 1.82. The van der Waals surface area contributed by atoms with Gasteiger partial charge in [-0.05, 0) is 24.3 Å². The van der Waals surface area contributed by atoms with Crippen molar-refractivity contribution in [3.8, 4) is 22.8 Å². The second-order valence-corrected chi connectivity index (χ2v) is 4.12. The summed E-state index contributed by atoms with van der Waals surface area (Å²) in [5.74, 6) is 1.13. The largest absolute Gasteiger partial charge is 0.388 e. The monoisotopic (exact) mass is 251 g/mol. The van der Waals surface area contributed by atoms with Gasteiger partial charge in [-0.1, -0.05) is 35.5 Å². The van der Waals surface area contributed by atoms with E-state index in [1.807, 2.05) is 61.6 Å².